The summed E-state index contributed by atoms with van der Waals surface area (Å²) in [6.07, 6.45) is 0. The summed E-state index contributed by atoms with van der Waals surface area (Å²) in [6.45, 7) is 0. The number of benzene rings is 2. The molecule has 0 spiro atoms. The van der Waals surface area contributed by atoms with E-state index in [1.54, 1.807) is 0 Å². The molecule has 0 fully saturated rings. The van der Waals surface area contributed by atoms with Gasteiger partial charge in [-0.15, -0.1) is 0 Å². The third-order valence-corrected chi connectivity index (χ3v) is 5.38. The number of rotatable bonds is 3. The summed E-state index contributed by atoms with van der Waals surface area (Å²) < 4.78 is 95.0. The van der Waals surface area contributed by atoms with Crippen LogP contribution in [0, 0.1) is 0 Å². The van der Waals surface area contributed by atoms with E-state index in [1.807, 2.05) is 0 Å². The summed E-state index contributed by atoms with van der Waals surface area (Å²) in [5, 5.41) is -0.835. The summed E-state index contributed by atoms with van der Waals surface area (Å²) in [4.78, 5) is -2.66. The van der Waals surface area contributed by atoms with Crippen molar-refractivity contribution in [2.75, 3.05) is 0 Å². The second kappa shape index (κ2) is 6.38. The third kappa shape index (κ3) is 4.29. The van der Waals surface area contributed by atoms with Gasteiger partial charge in [-0.2, -0.15) is 25.3 Å². The van der Waals surface area contributed by atoms with Crippen molar-refractivity contribution in [2.45, 2.75) is 14.7 Å². The van der Waals surface area contributed by atoms with E-state index in [0.717, 1.165) is 18.2 Å². The summed E-state index contributed by atoms with van der Waals surface area (Å²) in [6, 6.07) is 4.23. The molecule has 9 nitrogen and oxygen atoms in total. The molecule has 3 N–H and O–H groups in total. The number of fused-ring (bicyclic) bond motifs is 1. The second-order valence-electron chi connectivity index (χ2n) is 4.20. The van der Waals surface area contributed by atoms with Crippen molar-refractivity contribution >= 4 is 70.7 Å². The Labute approximate surface area is 153 Å². The average molecular weight is 392 g/mol. The molecule has 0 amide bonds. The zero-order valence-electron chi connectivity index (χ0n) is 10.4. The second-order valence-corrected chi connectivity index (χ2v) is 8.40. The maximum atomic E-state index is 11.4. The van der Waals surface area contributed by atoms with E-state index < -0.39 is 50.4 Å². The van der Waals surface area contributed by atoms with Crippen molar-refractivity contribution in [3.05, 3.63) is 30.3 Å². The molecular formula is C10H9NaO9S3. The van der Waals surface area contributed by atoms with E-state index in [0.29, 0.717) is 12.1 Å². The Morgan fingerprint density at radius 2 is 1.17 bits per heavy atom. The first-order valence-corrected chi connectivity index (χ1v) is 9.63. The maximum absolute atomic E-state index is 11.4. The van der Waals surface area contributed by atoms with Gasteiger partial charge in [0.05, 0.1) is 4.90 Å². The van der Waals surface area contributed by atoms with Crippen LogP contribution in [0.1, 0.15) is 0 Å². The van der Waals surface area contributed by atoms with E-state index in [1.165, 1.54) is 0 Å². The van der Waals surface area contributed by atoms with Crippen molar-refractivity contribution in [2.24, 2.45) is 0 Å². The molecule has 0 aliphatic rings. The van der Waals surface area contributed by atoms with Gasteiger partial charge in [-0.3, -0.25) is 13.7 Å². The Bertz CT molecular complexity index is 1090. The van der Waals surface area contributed by atoms with Crippen LogP contribution in [0.4, 0.5) is 0 Å². The summed E-state index contributed by atoms with van der Waals surface area (Å²) in [5.74, 6) is 0. The van der Waals surface area contributed by atoms with Crippen molar-refractivity contribution in [1.29, 1.82) is 0 Å². The van der Waals surface area contributed by atoms with Gasteiger partial charge in [-0.25, -0.2) is 0 Å². The molecule has 0 aliphatic heterocycles. The number of hydrogen-bond donors (Lipinski definition) is 3. The molecule has 0 saturated heterocycles. The van der Waals surface area contributed by atoms with E-state index in [-0.39, 0.29) is 34.9 Å². The zero-order chi connectivity index (χ0) is 16.9. The van der Waals surface area contributed by atoms with Crippen LogP contribution in [0.2, 0.25) is 0 Å². The molecule has 23 heavy (non-hydrogen) atoms. The van der Waals surface area contributed by atoms with Crippen LogP contribution in [-0.2, 0) is 30.4 Å². The van der Waals surface area contributed by atoms with Gasteiger partial charge >= 0.3 is 29.6 Å². The van der Waals surface area contributed by atoms with Crippen molar-refractivity contribution in [3.63, 3.8) is 0 Å². The molecule has 0 aromatic heterocycles. The minimum atomic E-state index is -4.93. The van der Waals surface area contributed by atoms with Crippen LogP contribution in [0.3, 0.4) is 0 Å². The monoisotopic (exact) mass is 392 g/mol. The fourth-order valence-electron chi connectivity index (χ4n) is 1.89. The Kier molecular flexibility index (Phi) is 5.68. The Morgan fingerprint density at radius 1 is 0.652 bits per heavy atom. The van der Waals surface area contributed by atoms with Crippen LogP contribution in [0.15, 0.2) is 45.0 Å². The predicted octanol–water partition coefficient (Wildman–Crippen LogP) is -0.0686. The molecule has 0 bridgehead atoms. The zero-order valence-corrected chi connectivity index (χ0v) is 12.9. The molecule has 0 aliphatic carbocycles. The first-order valence-electron chi connectivity index (χ1n) is 5.31. The van der Waals surface area contributed by atoms with Crippen LogP contribution >= 0.6 is 0 Å². The van der Waals surface area contributed by atoms with Crippen LogP contribution in [-0.4, -0.2) is 68.5 Å². The van der Waals surface area contributed by atoms with Crippen LogP contribution < -0.4 is 0 Å². The molecule has 0 atom stereocenters. The average Bonchev–Trinajstić information content (AvgIpc) is 2.33. The van der Waals surface area contributed by atoms with Gasteiger partial charge in [0.25, 0.3) is 30.4 Å². The predicted molar refractivity (Wildman–Crippen MR) is 80.5 cm³/mol. The van der Waals surface area contributed by atoms with Gasteiger partial charge in [0.15, 0.2) is 0 Å². The Hall–Kier alpha value is -0.570. The van der Waals surface area contributed by atoms with Crippen molar-refractivity contribution < 1.29 is 38.9 Å². The van der Waals surface area contributed by atoms with Crippen molar-refractivity contribution in [1.82, 2.24) is 0 Å². The molecule has 2 aromatic carbocycles. The van der Waals surface area contributed by atoms with Gasteiger partial charge in [0, 0.05) is 10.8 Å². The van der Waals surface area contributed by atoms with Gasteiger partial charge < -0.3 is 0 Å². The first-order chi connectivity index (χ1) is 9.82. The van der Waals surface area contributed by atoms with Gasteiger partial charge in [-0.05, 0) is 18.2 Å². The fourth-order valence-corrected chi connectivity index (χ4v) is 3.92. The number of hydrogen-bond acceptors (Lipinski definition) is 6. The van der Waals surface area contributed by atoms with E-state index in [2.05, 4.69) is 0 Å². The summed E-state index contributed by atoms with van der Waals surface area (Å²) >= 11 is 0. The molecule has 0 unspecified atom stereocenters. The molecule has 0 heterocycles. The third-order valence-electron chi connectivity index (χ3n) is 2.75. The summed E-state index contributed by atoms with van der Waals surface area (Å²) in [7, 11) is -14.6. The molecule has 122 valence electrons. The van der Waals surface area contributed by atoms with E-state index in [9.17, 15) is 25.3 Å². The Morgan fingerprint density at radius 3 is 1.61 bits per heavy atom. The summed E-state index contributed by atoms with van der Waals surface area (Å²) in [5.41, 5.74) is 0. The van der Waals surface area contributed by atoms with Crippen LogP contribution in [0.25, 0.3) is 10.8 Å². The SMILES string of the molecule is O=S(=O)(O)c1cc(S(=O)(=O)O)c2cccc(S(=O)(=O)O)c2c1.[NaH]. The Balaban J connectivity index is 0.00000264. The van der Waals surface area contributed by atoms with Crippen LogP contribution in [0.5, 0.6) is 0 Å². The van der Waals surface area contributed by atoms with Crippen molar-refractivity contribution in [3.8, 4) is 0 Å². The molecule has 2 rings (SSSR count). The standard InChI is InChI=1S/C10H8O9S3.Na.H/c11-20(12,13)6-4-8-7(10(5-6)22(17,18)19)2-1-3-9(8)21(14,15)16;;/h1-5H,(H,11,12,13)(H,14,15,16)(H,17,18,19);;. The quantitative estimate of drug-likeness (QED) is 0.479. The molecular weight excluding hydrogens is 383 g/mol. The molecule has 2 aromatic rings. The van der Waals surface area contributed by atoms with Gasteiger partial charge in [0.1, 0.15) is 9.79 Å². The minimum absolute atomic E-state index is 0. The molecule has 0 radical (unpaired) electrons. The topological polar surface area (TPSA) is 163 Å². The fraction of sp³-hybridized carbons (Fsp3) is 0. The normalized spacial score (nSPS) is 12.8. The first kappa shape index (κ1) is 20.5. The van der Waals surface area contributed by atoms with Gasteiger partial charge in [0.2, 0.25) is 0 Å². The van der Waals surface area contributed by atoms with Gasteiger partial charge in [-0.1, -0.05) is 12.1 Å². The van der Waals surface area contributed by atoms with E-state index >= 15 is 0 Å². The molecule has 13 heteroatoms. The molecule has 0 saturated carbocycles. The van der Waals surface area contributed by atoms with E-state index in [4.69, 9.17) is 13.7 Å².